The zero-order valence-electron chi connectivity index (χ0n) is 32.3. The van der Waals surface area contributed by atoms with E-state index >= 15 is 0 Å². The maximum Gasteiger partial charge on any atom is 0.276 e. The van der Waals surface area contributed by atoms with Crippen molar-refractivity contribution in [2.75, 3.05) is 36.9 Å². The van der Waals surface area contributed by atoms with Crippen molar-refractivity contribution in [3.8, 4) is 0 Å². The Bertz CT molecular complexity index is 2550. The lowest BCUT2D eigenvalue weighted by atomic mass is 10.1. The number of nitrogens with zero attached hydrogens (tertiary/aromatic N) is 9. The summed E-state index contributed by atoms with van der Waals surface area (Å²) in [6, 6.07) is 11.8. The SMILES string of the molecule is C.CCn1nc(C)cc1C(=O)Nc1nc2cc(C(N)=O)ccc2n1C/C=C/Cn1c(NC(=O)c2cc(C)nn2CC)nc2cc(C(N)=O)cc(CN3CCOCC3)c21. The van der Waals surface area contributed by atoms with Crippen molar-refractivity contribution < 1.29 is 23.9 Å². The van der Waals surface area contributed by atoms with Gasteiger partial charge in [0.2, 0.25) is 23.7 Å². The van der Waals surface area contributed by atoms with Crippen LogP contribution in [-0.4, -0.2) is 93.5 Å². The molecule has 1 aliphatic rings. The van der Waals surface area contributed by atoms with Gasteiger partial charge in [0.25, 0.3) is 11.8 Å². The summed E-state index contributed by atoms with van der Waals surface area (Å²) in [7, 11) is 0. The predicted molar refractivity (Wildman–Crippen MR) is 220 cm³/mol. The number of aryl methyl sites for hydroxylation is 4. The average Bonchev–Trinajstić information content (AvgIpc) is 3.95. The molecule has 18 heteroatoms. The lowest BCUT2D eigenvalue weighted by molar-refractivity contribution is 0.0343. The molecule has 0 spiro atoms. The molecule has 1 aliphatic heterocycles. The molecule has 4 amide bonds. The average molecular weight is 792 g/mol. The van der Waals surface area contributed by atoms with Gasteiger partial charge in [-0.3, -0.25) is 44.1 Å². The summed E-state index contributed by atoms with van der Waals surface area (Å²) in [4.78, 5) is 63.5. The van der Waals surface area contributed by atoms with Gasteiger partial charge in [-0.15, -0.1) is 0 Å². The maximum absolute atomic E-state index is 13.7. The molecule has 304 valence electrons. The molecule has 0 radical (unpaired) electrons. The van der Waals surface area contributed by atoms with Crippen LogP contribution in [0, 0.1) is 13.8 Å². The van der Waals surface area contributed by atoms with Crippen LogP contribution in [0.2, 0.25) is 0 Å². The number of carbonyl (C=O) groups is 4. The van der Waals surface area contributed by atoms with E-state index in [1.165, 1.54) is 0 Å². The van der Waals surface area contributed by atoms with Crippen molar-refractivity contribution in [2.24, 2.45) is 11.5 Å². The largest absolute Gasteiger partial charge is 0.379 e. The summed E-state index contributed by atoms with van der Waals surface area (Å²) in [5, 5.41) is 14.7. The number of hydrogen-bond acceptors (Lipinski definition) is 10. The lowest BCUT2D eigenvalue weighted by Crippen LogP contribution is -2.35. The van der Waals surface area contributed by atoms with E-state index in [4.69, 9.17) is 21.2 Å². The fourth-order valence-corrected chi connectivity index (χ4v) is 7.08. The van der Waals surface area contributed by atoms with Gasteiger partial charge < -0.3 is 25.3 Å². The second-order valence-corrected chi connectivity index (χ2v) is 13.8. The number of hydrogen-bond donors (Lipinski definition) is 4. The second-order valence-electron chi connectivity index (χ2n) is 13.8. The van der Waals surface area contributed by atoms with Crippen molar-refractivity contribution in [3.63, 3.8) is 0 Å². The first-order chi connectivity index (χ1) is 27.4. The van der Waals surface area contributed by atoms with Gasteiger partial charge in [-0.2, -0.15) is 10.2 Å². The van der Waals surface area contributed by atoms with Crippen LogP contribution in [0.15, 0.2) is 54.6 Å². The van der Waals surface area contributed by atoms with E-state index in [0.29, 0.717) is 90.8 Å². The summed E-state index contributed by atoms with van der Waals surface area (Å²) >= 11 is 0. The highest BCUT2D eigenvalue weighted by atomic mass is 16.5. The monoisotopic (exact) mass is 791 g/mol. The van der Waals surface area contributed by atoms with Gasteiger partial charge in [0.05, 0.1) is 46.7 Å². The molecule has 0 bridgehead atoms. The summed E-state index contributed by atoms with van der Waals surface area (Å²) < 4.78 is 12.5. The molecule has 0 unspecified atom stereocenters. The fraction of sp³-hybridized carbons (Fsp3) is 0.350. The zero-order chi connectivity index (χ0) is 40.4. The van der Waals surface area contributed by atoms with Crippen molar-refractivity contribution in [3.05, 3.63) is 94.1 Å². The number of allylic oxidation sites excluding steroid dienone is 2. The van der Waals surface area contributed by atoms with Gasteiger partial charge in [-0.1, -0.05) is 19.6 Å². The van der Waals surface area contributed by atoms with Crippen LogP contribution in [0.1, 0.15) is 79.9 Å². The third-order valence-electron chi connectivity index (χ3n) is 9.80. The standard InChI is InChI=1S/C39H45N13O5.CH4/c1-5-51-31(17-23(3)46-51)36(55)44-38-42-28-20-25(34(40)53)9-10-30(28)49(38)11-7-8-12-50-33-27(22-48-13-15-57-16-14-48)19-26(35(41)54)21-29(33)43-39(50)45-37(56)32-18-24(4)47-52(32)6-2;/h7-10,17-21H,5-6,11-16,22H2,1-4H3,(H2,40,53)(H2,41,54)(H,42,44,55)(H,43,45,56);1H4/b8-7+;. The molecule has 6 aromatic rings. The van der Waals surface area contributed by atoms with Crippen molar-refractivity contribution in [1.29, 1.82) is 0 Å². The molecular weight excluding hydrogens is 743 g/mol. The first-order valence-electron chi connectivity index (χ1n) is 18.7. The minimum atomic E-state index is -0.597. The number of carbonyl (C=O) groups excluding carboxylic acids is 4. The number of nitrogens with one attached hydrogen (secondary N) is 2. The molecule has 18 nitrogen and oxygen atoms in total. The van der Waals surface area contributed by atoms with E-state index in [1.54, 1.807) is 51.8 Å². The summed E-state index contributed by atoms with van der Waals surface area (Å²) in [5.41, 5.74) is 17.3. The molecule has 5 heterocycles. The number of fused-ring (bicyclic) bond motifs is 2. The number of amides is 4. The highest BCUT2D eigenvalue weighted by Gasteiger charge is 2.23. The number of primary amides is 2. The number of aromatic nitrogens is 8. The summed E-state index contributed by atoms with van der Waals surface area (Å²) in [6.45, 7) is 12.1. The molecule has 2 aromatic carbocycles. The molecule has 0 saturated carbocycles. The first kappa shape index (κ1) is 41.0. The Kier molecular flexibility index (Phi) is 12.2. The Hall–Kier alpha value is -6.66. The first-order valence-corrected chi connectivity index (χ1v) is 18.7. The Morgan fingerprint density at radius 3 is 1.84 bits per heavy atom. The number of nitrogens with two attached hydrogens (primary N) is 2. The van der Waals surface area contributed by atoms with Crippen molar-refractivity contribution in [2.45, 2.75) is 67.8 Å². The maximum atomic E-state index is 13.7. The van der Waals surface area contributed by atoms with Crippen molar-refractivity contribution >= 4 is 57.6 Å². The zero-order valence-corrected chi connectivity index (χ0v) is 32.3. The number of benzene rings is 2. The van der Waals surface area contributed by atoms with Crippen LogP contribution >= 0.6 is 0 Å². The molecule has 0 aliphatic carbocycles. The van der Waals surface area contributed by atoms with Crippen molar-refractivity contribution in [1.82, 2.24) is 43.6 Å². The summed E-state index contributed by atoms with van der Waals surface area (Å²) in [6.07, 6.45) is 3.83. The number of rotatable bonds is 14. The van der Waals surface area contributed by atoms with E-state index in [-0.39, 0.29) is 49.8 Å². The fourth-order valence-electron chi connectivity index (χ4n) is 7.08. The molecular formula is C40H49N13O5. The number of morpholine rings is 1. The van der Waals surface area contributed by atoms with E-state index < -0.39 is 11.8 Å². The number of anilines is 2. The van der Waals surface area contributed by atoms with Gasteiger partial charge in [0.15, 0.2) is 0 Å². The smallest absolute Gasteiger partial charge is 0.276 e. The highest BCUT2D eigenvalue weighted by Crippen LogP contribution is 2.28. The molecule has 1 saturated heterocycles. The van der Waals surface area contributed by atoms with Gasteiger partial charge in [0, 0.05) is 56.9 Å². The van der Waals surface area contributed by atoms with E-state index in [0.717, 1.165) is 11.1 Å². The van der Waals surface area contributed by atoms with Crippen LogP contribution in [0.25, 0.3) is 22.1 Å². The summed E-state index contributed by atoms with van der Waals surface area (Å²) in [5.74, 6) is -1.42. The molecule has 6 N–H and O–H groups in total. The minimum Gasteiger partial charge on any atom is -0.379 e. The lowest BCUT2D eigenvalue weighted by Gasteiger charge is -2.27. The van der Waals surface area contributed by atoms with Gasteiger partial charge in [-0.05, 0) is 75.7 Å². The Morgan fingerprint density at radius 2 is 1.28 bits per heavy atom. The molecule has 7 rings (SSSR count). The van der Waals surface area contributed by atoms with Gasteiger partial charge >= 0.3 is 0 Å². The van der Waals surface area contributed by atoms with Gasteiger partial charge in [0.1, 0.15) is 11.4 Å². The Balaban J connectivity index is 0.00000567. The Morgan fingerprint density at radius 1 is 0.741 bits per heavy atom. The quantitative estimate of drug-likeness (QED) is 0.117. The third kappa shape index (κ3) is 8.37. The molecule has 4 aromatic heterocycles. The normalized spacial score (nSPS) is 13.3. The molecule has 1 fully saturated rings. The van der Waals surface area contributed by atoms with E-state index in [2.05, 4.69) is 30.7 Å². The molecule has 58 heavy (non-hydrogen) atoms. The third-order valence-corrected chi connectivity index (χ3v) is 9.80. The highest BCUT2D eigenvalue weighted by molar-refractivity contribution is 6.05. The number of ether oxygens (including phenoxy) is 1. The minimum absolute atomic E-state index is 0. The van der Waals surface area contributed by atoms with Crippen LogP contribution in [0.3, 0.4) is 0 Å². The predicted octanol–water partition coefficient (Wildman–Crippen LogP) is 3.86. The van der Waals surface area contributed by atoms with Crippen LogP contribution in [0.4, 0.5) is 11.9 Å². The molecule has 0 atom stereocenters. The van der Waals surface area contributed by atoms with E-state index in [1.807, 2.05) is 49.0 Å². The number of imidazole rings is 2. The second kappa shape index (κ2) is 17.2. The van der Waals surface area contributed by atoms with Crippen LogP contribution in [-0.2, 0) is 37.5 Å². The van der Waals surface area contributed by atoms with E-state index in [9.17, 15) is 19.2 Å². The van der Waals surface area contributed by atoms with Gasteiger partial charge in [-0.25, -0.2) is 9.97 Å². The Labute approximate surface area is 334 Å². The van der Waals surface area contributed by atoms with Crippen LogP contribution < -0.4 is 22.1 Å². The van der Waals surface area contributed by atoms with Crippen LogP contribution in [0.5, 0.6) is 0 Å². The topological polar surface area (TPSA) is 228 Å².